The fraction of sp³-hybridized carbons (Fsp3) is 0.400. The van der Waals surface area contributed by atoms with Crippen LogP contribution in [-0.2, 0) is 13.1 Å². The molecule has 3 rings (SSSR count). The number of hydrogen-bond acceptors (Lipinski definition) is 2. The molecule has 2 nitrogen and oxygen atoms in total. The van der Waals surface area contributed by atoms with Gasteiger partial charge in [-0.2, -0.15) is 0 Å². The van der Waals surface area contributed by atoms with Gasteiger partial charge in [0, 0.05) is 25.2 Å². The Balaban J connectivity index is 1.69. The minimum Gasteiger partial charge on any atom is -0.328 e. The molecule has 1 aliphatic rings. The highest BCUT2D eigenvalue weighted by molar-refractivity contribution is 5.17. The summed E-state index contributed by atoms with van der Waals surface area (Å²) in [6.07, 6.45) is 2.47. The summed E-state index contributed by atoms with van der Waals surface area (Å²) in [5, 5.41) is 0. The minimum atomic E-state index is 0.326. The van der Waals surface area contributed by atoms with Crippen LogP contribution in [0.3, 0.4) is 0 Å². The summed E-state index contributed by atoms with van der Waals surface area (Å²) in [6.45, 7) is 4.18. The van der Waals surface area contributed by atoms with Crippen LogP contribution in [0.25, 0.3) is 0 Å². The van der Waals surface area contributed by atoms with Crippen LogP contribution in [0.1, 0.15) is 30.9 Å². The van der Waals surface area contributed by atoms with E-state index in [-0.39, 0.29) is 0 Å². The van der Waals surface area contributed by atoms with Crippen LogP contribution in [0.15, 0.2) is 60.7 Å². The van der Waals surface area contributed by atoms with Crippen molar-refractivity contribution in [3.63, 3.8) is 0 Å². The molecule has 0 radical (unpaired) electrons. The van der Waals surface area contributed by atoms with Crippen molar-refractivity contribution < 1.29 is 0 Å². The highest BCUT2D eigenvalue weighted by Crippen LogP contribution is 2.35. The Bertz CT molecular complexity index is 517. The molecule has 2 N–H and O–H groups in total. The molecular formula is C20H26N2. The van der Waals surface area contributed by atoms with E-state index < -0.39 is 0 Å². The van der Waals surface area contributed by atoms with E-state index in [1.165, 1.54) is 24.0 Å². The van der Waals surface area contributed by atoms with E-state index in [2.05, 4.69) is 72.5 Å². The Morgan fingerprint density at radius 3 is 1.77 bits per heavy atom. The van der Waals surface area contributed by atoms with Crippen molar-refractivity contribution in [2.24, 2.45) is 11.7 Å². The molecular weight excluding hydrogens is 268 g/mol. The maximum Gasteiger partial charge on any atom is 0.0240 e. The molecule has 22 heavy (non-hydrogen) atoms. The van der Waals surface area contributed by atoms with Gasteiger partial charge in [-0.25, -0.2) is 0 Å². The third-order valence-electron chi connectivity index (χ3n) is 4.87. The first-order chi connectivity index (χ1) is 10.7. The molecule has 0 aromatic heterocycles. The van der Waals surface area contributed by atoms with Gasteiger partial charge in [0.15, 0.2) is 0 Å². The molecule has 0 bridgehead atoms. The van der Waals surface area contributed by atoms with Crippen molar-refractivity contribution in [1.82, 2.24) is 4.90 Å². The van der Waals surface area contributed by atoms with Gasteiger partial charge in [0.1, 0.15) is 0 Å². The highest BCUT2D eigenvalue weighted by atomic mass is 15.2. The van der Waals surface area contributed by atoms with E-state index in [4.69, 9.17) is 5.73 Å². The predicted octanol–water partition coefficient (Wildman–Crippen LogP) is 3.81. The molecule has 1 aliphatic carbocycles. The lowest BCUT2D eigenvalue weighted by atomic mass is 9.75. The highest BCUT2D eigenvalue weighted by Gasteiger charge is 2.35. The van der Waals surface area contributed by atoms with Crippen LogP contribution >= 0.6 is 0 Å². The van der Waals surface area contributed by atoms with E-state index in [0.29, 0.717) is 18.0 Å². The monoisotopic (exact) mass is 294 g/mol. The van der Waals surface area contributed by atoms with Crippen LogP contribution < -0.4 is 5.73 Å². The average molecular weight is 294 g/mol. The Labute approximate surface area is 134 Å². The van der Waals surface area contributed by atoms with Gasteiger partial charge < -0.3 is 5.73 Å². The summed E-state index contributed by atoms with van der Waals surface area (Å²) >= 11 is 0. The van der Waals surface area contributed by atoms with Crippen molar-refractivity contribution in [1.29, 1.82) is 0 Å². The van der Waals surface area contributed by atoms with E-state index >= 15 is 0 Å². The molecule has 0 saturated heterocycles. The van der Waals surface area contributed by atoms with E-state index in [1.54, 1.807) is 0 Å². The van der Waals surface area contributed by atoms with Gasteiger partial charge in [0.05, 0.1) is 0 Å². The lowest BCUT2D eigenvalue weighted by Crippen LogP contribution is -2.48. The normalized spacial score (nSPS) is 22.3. The van der Waals surface area contributed by atoms with Gasteiger partial charge in [0.25, 0.3) is 0 Å². The quantitative estimate of drug-likeness (QED) is 0.877. The Hall–Kier alpha value is -1.64. The number of hydrogen-bond donors (Lipinski definition) is 1. The van der Waals surface area contributed by atoms with Crippen LogP contribution in [0.5, 0.6) is 0 Å². The van der Waals surface area contributed by atoms with Crippen LogP contribution in [-0.4, -0.2) is 17.0 Å². The number of rotatable bonds is 6. The first-order valence-corrected chi connectivity index (χ1v) is 8.30. The molecule has 2 heteroatoms. The van der Waals surface area contributed by atoms with Crippen molar-refractivity contribution >= 4 is 0 Å². The van der Waals surface area contributed by atoms with E-state index in [9.17, 15) is 0 Å². The van der Waals surface area contributed by atoms with Gasteiger partial charge in [0.2, 0.25) is 0 Å². The zero-order chi connectivity index (χ0) is 15.4. The average Bonchev–Trinajstić information content (AvgIpc) is 2.47. The Morgan fingerprint density at radius 1 is 0.909 bits per heavy atom. The zero-order valence-corrected chi connectivity index (χ0v) is 13.4. The van der Waals surface area contributed by atoms with E-state index in [0.717, 1.165) is 13.1 Å². The fourth-order valence-electron chi connectivity index (χ4n) is 3.31. The second-order valence-electron chi connectivity index (χ2n) is 6.62. The fourth-order valence-corrected chi connectivity index (χ4v) is 3.31. The summed E-state index contributed by atoms with van der Waals surface area (Å²) in [5.74, 6) is 0.694. The van der Waals surface area contributed by atoms with Gasteiger partial charge in [-0.05, 0) is 36.8 Å². The Kier molecular flexibility index (Phi) is 4.91. The maximum atomic E-state index is 6.05. The first kappa shape index (κ1) is 15.3. The third kappa shape index (κ3) is 3.76. The summed E-state index contributed by atoms with van der Waals surface area (Å²) in [5.41, 5.74) is 8.83. The van der Waals surface area contributed by atoms with Crippen molar-refractivity contribution in [2.75, 3.05) is 0 Å². The largest absolute Gasteiger partial charge is 0.328 e. The summed E-state index contributed by atoms with van der Waals surface area (Å²) in [6, 6.07) is 22.6. The molecule has 0 aliphatic heterocycles. The molecule has 0 amide bonds. The van der Waals surface area contributed by atoms with Gasteiger partial charge >= 0.3 is 0 Å². The molecule has 2 aromatic carbocycles. The molecule has 0 spiro atoms. The second kappa shape index (κ2) is 7.08. The molecule has 2 aromatic rings. The van der Waals surface area contributed by atoms with Crippen LogP contribution in [0.4, 0.5) is 0 Å². The smallest absolute Gasteiger partial charge is 0.0240 e. The summed E-state index contributed by atoms with van der Waals surface area (Å²) < 4.78 is 0. The summed E-state index contributed by atoms with van der Waals surface area (Å²) in [4.78, 5) is 2.61. The first-order valence-electron chi connectivity index (χ1n) is 8.30. The minimum absolute atomic E-state index is 0.326. The number of nitrogens with zero attached hydrogens (tertiary/aromatic N) is 1. The predicted molar refractivity (Wildman–Crippen MR) is 92.3 cm³/mol. The Morgan fingerprint density at radius 2 is 1.36 bits per heavy atom. The van der Waals surface area contributed by atoms with Crippen molar-refractivity contribution in [2.45, 2.75) is 44.9 Å². The zero-order valence-electron chi connectivity index (χ0n) is 13.4. The molecule has 116 valence electrons. The standard InChI is InChI=1S/C20H26N2/c1-16(21)19-12-20(13-19)22(14-17-8-4-2-5-9-17)15-18-10-6-3-7-11-18/h2-11,16,19-20H,12-15,21H2,1H3. The number of nitrogens with two attached hydrogens (primary N) is 1. The molecule has 1 unspecified atom stereocenters. The van der Waals surface area contributed by atoms with Gasteiger partial charge in [-0.1, -0.05) is 60.7 Å². The molecule has 1 saturated carbocycles. The van der Waals surface area contributed by atoms with Crippen LogP contribution in [0, 0.1) is 5.92 Å². The van der Waals surface area contributed by atoms with E-state index in [1.807, 2.05) is 0 Å². The maximum absolute atomic E-state index is 6.05. The van der Waals surface area contributed by atoms with Crippen molar-refractivity contribution in [3.05, 3.63) is 71.8 Å². The van der Waals surface area contributed by atoms with Crippen molar-refractivity contribution in [3.8, 4) is 0 Å². The SMILES string of the molecule is CC(N)C1CC(N(Cc2ccccc2)Cc2ccccc2)C1. The number of benzene rings is 2. The molecule has 0 heterocycles. The topological polar surface area (TPSA) is 29.3 Å². The lowest BCUT2D eigenvalue weighted by molar-refractivity contribution is 0.0557. The van der Waals surface area contributed by atoms with Crippen LogP contribution in [0.2, 0.25) is 0 Å². The van der Waals surface area contributed by atoms with Gasteiger partial charge in [-0.3, -0.25) is 4.90 Å². The lowest BCUT2D eigenvalue weighted by Gasteiger charge is -2.44. The molecule has 1 atom stereocenters. The molecule has 1 fully saturated rings. The summed E-state index contributed by atoms with van der Waals surface area (Å²) in [7, 11) is 0. The second-order valence-corrected chi connectivity index (χ2v) is 6.62. The van der Waals surface area contributed by atoms with Gasteiger partial charge in [-0.15, -0.1) is 0 Å². The third-order valence-corrected chi connectivity index (χ3v) is 4.87.